The predicted molar refractivity (Wildman–Crippen MR) is 95.9 cm³/mol. The third-order valence-corrected chi connectivity index (χ3v) is 4.15. The monoisotopic (exact) mass is 356 g/mol. The number of nitrogens with one attached hydrogen (secondary N) is 1. The van der Waals surface area contributed by atoms with E-state index in [1.165, 1.54) is 12.1 Å². The van der Waals surface area contributed by atoms with Crippen molar-refractivity contribution in [2.24, 2.45) is 0 Å². The van der Waals surface area contributed by atoms with Crippen LogP contribution in [0.1, 0.15) is 11.1 Å². The summed E-state index contributed by atoms with van der Waals surface area (Å²) in [6, 6.07) is 9.88. The van der Waals surface area contributed by atoms with Crippen LogP contribution in [-0.2, 0) is 22.5 Å². The van der Waals surface area contributed by atoms with Crippen LogP contribution in [-0.4, -0.2) is 42.1 Å². The first kappa shape index (κ1) is 17.8. The standard InChI is InChI=1S/C18H20N4O4/c23-18(11-14-1-4-16(5-2-14)22(24)25)20-13-15-3-6-17(19-12-15)21-7-9-26-10-8-21/h1-6,12H,7-11,13H2,(H,20,23). The zero-order valence-corrected chi connectivity index (χ0v) is 14.3. The van der Waals surface area contributed by atoms with Gasteiger partial charge in [0.15, 0.2) is 0 Å². The summed E-state index contributed by atoms with van der Waals surface area (Å²) < 4.78 is 5.33. The van der Waals surface area contributed by atoms with E-state index in [1.807, 2.05) is 12.1 Å². The quantitative estimate of drug-likeness (QED) is 0.625. The maximum atomic E-state index is 12.0. The van der Waals surface area contributed by atoms with Crippen LogP contribution in [0.25, 0.3) is 0 Å². The van der Waals surface area contributed by atoms with Gasteiger partial charge in [-0.15, -0.1) is 0 Å². The van der Waals surface area contributed by atoms with Gasteiger partial charge in [0.05, 0.1) is 24.6 Å². The number of nitro benzene ring substituents is 1. The van der Waals surface area contributed by atoms with Crippen LogP contribution < -0.4 is 10.2 Å². The van der Waals surface area contributed by atoms with Crippen molar-refractivity contribution in [3.05, 3.63) is 63.8 Å². The van der Waals surface area contributed by atoms with Gasteiger partial charge in [-0.2, -0.15) is 0 Å². The fraction of sp³-hybridized carbons (Fsp3) is 0.333. The Bertz CT molecular complexity index is 756. The number of non-ortho nitro benzene ring substituents is 1. The Balaban J connectivity index is 1.48. The molecule has 3 rings (SSSR count). The molecule has 26 heavy (non-hydrogen) atoms. The molecule has 0 unspecified atom stereocenters. The Morgan fingerprint density at radius 1 is 1.15 bits per heavy atom. The minimum Gasteiger partial charge on any atom is -0.378 e. The second-order valence-electron chi connectivity index (χ2n) is 6.00. The second-order valence-corrected chi connectivity index (χ2v) is 6.00. The molecule has 0 aliphatic carbocycles. The number of morpholine rings is 1. The van der Waals surface area contributed by atoms with Gasteiger partial charge in [0.2, 0.25) is 5.91 Å². The molecule has 0 spiro atoms. The number of anilines is 1. The fourth-order valence-electron chi connectivity index (χ4n) is 2.68. The maximum Gasteiger partial charge on any atom is 0.269 e. The summed E-state index contributed by atoms with van der Waals surface area (Å²) in [6.07, 6.45) is 1.94. The molecule has 2 heterocycles. The molecule has 1 aliphatic rings. The molecule has 1 aromatic carbocycles. The van der Waals surface area contributed by atoms with Gasteiger partial charge in [0.25, 0.3) is 5.69 Å². The molecule has 1 aliphatic heterocycles. The highest BCUT2D eigenvalue weighted by Gasteiger charge is 2.12. The molecule has 0 saturated carbocycles. The summed E-state index contributed by atoms with van der Waals surface area (Å²) in [5, 5.41) is 13.5. The molecule has 0 bridgehead atoms. The number of amides is 1. The average molecular weight is 356 g/mol. The number of carbonyl (C=O) groups excluding carboxylic acids is 1. The number of benzene rings is 1. The van der Waals surface area contributed by atoms with Gasteiger partial charge in [0.1, 0.15) is 5.82 Å². The Hall–Kier alpha value is -3.00. The van der Waals surface area contributed by atoms with Crippen LogP contribution in [0.15, 0.2) is 42.6 Å². The maximum absolute atomic E-state index is 12.0. The molecule has 8 nitrogen and oxygen atoms in total. The summed E-state index contributed by atoms with van der Waals surface area (Å²) in [5.41, 5.74) is 1.66. The number of pyridine rings is 1. The van der Waals surface area contributed by atoms with E-state index in [0.29, 0.717) is 19.8 Å². The minimum absolute atomic E-state index is 0.0144. The second kappa shape index (κ2) is 8.39. The van der Waals surface area contributed by atoms with Crippen molar-refractivity contribution in [1.29, 1.82) is 0 Å². The highest BCUT2D eigenvalue weighted by atomic mass is 16.6. The van der Waals surface area contributed by atoms with Gasteiger partial charge in [-0.05, 0) is 17.2 Å². The summed E-state index contributed by atoms with van der Waals surface area (Å²) in [6.45, 7) is 3.48. The Morgan fingerprint density at radius 2 is 1.85 bits per heavy atom. The van der Waals surface area contributed by atoms with E-state index in [4.69, 9.17) is 4.74 Å². The molecule has 1 aromatic heterocycles. The Labute approximate surface area is 150 Å². The number of rotatable bonds is 6. The molecule has 1 N–H and O–H groups in total. The van der Waals surface area contributed by atoms with Gasteiger partial charge in [0, 0.05) is 38.0 Å². The smallest absolute Gasteiger partial charge is 0.269 e. The van der Waals surface area contributed by atoms with Crippen LogP contribution >= 0.6 is 0 Å². The van der Waals surface area contributed by atoms with Crippen molar-refractivity contribution < 1.29 is 14.5 Å². The van der Waals surface area contributed by atoms with Gasteiger partial charge >= 0.3 is 0 Å². The lowest BCUT2D eigenvalue weighted by molar-refractivity contribution is -0.384. The van der Waals surface area contributed by atoms with Crippen molar-refractivity contribution in [2.45, 2.75) is 13.0 Å². The zero-order chi connectivity index (χ0) is 18.4. The SMILES string of the molecule is O=C(Cc1ccc([N+](=O)[O-])cc1)NCc1ccc(N2CCOCC2)nc1. The number of hydrogen-bond donors (Lipinski definition) is 1. The van der Waals surface area contributed by atoms with Crippen molar-refractivity contribution >= 4 is 17.4 Å². The summed E-state index contributed by atoms with van der Waals surface area (Å²) in [7, 11) is 0. The van der Waals surface area contributed by atoms with E-state index in [2.05, 4.69) is 15.2 Å². The summed E-state index contributed by atoms with van der Waals surface area (Å²) in [4.78, 5) is 28.8. The van der Waals surface area contributed by atoms with Gasteiger partial charge in [-0.25, -0.2) is 4.98 Å². The highest BCUT2D eigenvalue weighted by Crippen LogP contribution is 2.14. The lowest BCUT2D eigenvalue weighted by Gasteiger charge is -2.27. The lowest BCUT2D eigenvalue weighted by atomic mass is 10.1. The predicted octanol–water partition coefficient (Wildman–Crippen LogP) is 1.69. The molecule has 136 valence electrons. The van der Waals surface area contributed by atoms with Crippen LogP contribution in [0.5, 0.6) is 0 Å². The fourth-order valence-corrected chi connectivity index (χ4v) is 2.68. The minimum atomic E-state index is -0.461. The number of ether oxygens (including phenoxy) is 1. The molecule has 2 aromatic rings. The molecular weight excluding hydrogens is 336 g/mol. The topological polar surface area (TPSA) is 97.6 Å². The van der Waals surface area contributed by atoms with Gasteiger partial charge < -0.3 is 15.0 Å². The number of carbonyl (C=O) groups is 1. The molecule has 1 saturated heterocycles. The van der Waals surface area contributed by atoms with Crippen LogP contribution in [0.4, 0.5) is 11.5 Å². The number of hydrogen-bond acceptors (Lipinski definition) is 6. The van der Waals surface area contributed by atoms with Crippen molar-refractivity contribution in [3.63, 3.8) is 0 Å². The average Bonchev–Trinajstić information content (AvgIpc) is 2.68. The zero-order valence-electron chi connectivity index (χ0n) is 14.3. The van der Waals surface area contributed by atoms with Crippen LogP contribution in [0, 0.1) is 10.1 Å². The van der Waals surface area contributed by atoms with Crippen molar-refractivity contribution in [1.82, 2.24) is 10.3 Å². The molecule has 0 atom stereocenters. The third-order valence-electron chi connectivity index (χ3n) is 4.15. The Kier molecular flexibility index (Phi) is 5.75. The molecule has 1 fully saturated rings. The number of nitro groups is 1. The van der Waals surface area contributed by atoms with E-state index in [-0.39, 0.29) is 18.0 Å². The molecular formula is C18H20N4O4. The lowest BCUT2D eigenvalue weighted by Crippen LogP contribution is -2.36. The number of nitrogens with zero attached hydrogens (tertiary/aromatic N) is 3. The van der Waals surface area contributed by atoms with Crippen molar-refractivity contribution in [2.75, 3.05) is 31.2 Å². The summed E-state index contributed by atoms with van der Waals surface area (Å²) >= 11 is 0. The molecule has 8 heteroatoms. The van der Waals surface area contributed by atoms with Gasteiger partial charge in [-0.3, -0.25) is 14.9 Å². The molecule has 1 amide bonds. The first-order valence-electron chi connectivity index (χ1n) is 8.39. The Morgan fingerprint density at radius 3 is 2.46 bits per heavy atom. The van der Waals surface area contributed by atoms with E-state index in [9.17, 15) is 14.9 Å². The first-order valence-corrected chi connectivity index (χ1v) is 8.39. The van der Waals surface area contributed by atoms with Crippen LogP contribution in [0.3, 0.4) is 0 Å². The van der Waals surface area contributed by atoms with E-state index < -0.39 is 4.92 Å². The highest BCUT2D eigenvalue weighted by molar-refractivity contribution is 5.78. The van der Waals surface area contributed by atoms with Gasteiger partial charge in [-0.1, -0.05) is 18.2 Å². The number of aromatic nitrogens is 1. The largest absolute Gasteiger partial charge is 0.378 e. The van der Waals surface area contributed by atoms with E-state index >= 15 is 0 Å². The third kappa shape index (κ3) is 4.76. The van der Waals surface area contributed by atoms with E-state index in [1.54, 1.807) is 18.3 Å². The summed E-state index contributed by atoms with van der Waals surface area (Å²) in [5.74, 6) is 0.769. The normalized spacial score (nSPS) is 14.1. The molecule has 0 radical (unpaired) electrons. The first-order chi connectivity index (χ1) is 12.6. The van der Waals surface area contributed by atoms with Crippen LogP contribution in [0.2, 0.25) is 0 Å². The van der Waals surface area contributed by atoms with Crippen molar-refractivity contribution in [3.8, 4) is 0 Å². The van der Waals surface area contributed by atoms with E-state index in [0.717, 1.165) is 30.0 Å².